The van der Waals surface area contributed by atoms with Crippen LogP contribution in [0.4, 0.5) is 14.6 Å². The summed E-state index contributed by atoms with van der Waals surface area (Å²) >= 11 is 5.71. The van der Waals surface area contributed by atoms with Crippen molar-refractivity contribution in [2.45, 2.75) is 32.7 Å². The second-order valence-corrected chi connectivity index (χ2v) is 5.40. The van der Waals surface area contributed by atoms with Gasteiger partial charge in [-0.15, -0.1) is 0 Å². The molecular weight excluding hydrogens is 302 g/mol. The second kappa shape index (κ2) is 5.18. The fraction of sp³-hybridized carbons (Fsp3) is 0.357. The van der Waals surface area contributed by atoms with E-state index >= 15 is 0 Å². The van der Waals surface area contributed by atoms with Gasteiger partial charge in [0, 0.05) is 23.6 Å². The van der Waals surface area contributed by atoms with Gasteiger partial charge in [0.15, 0.2) is 17.6 Å². The molecule has 2 rings (SSSR count). The Morgan fingerprint density at radius 3 is 2.19 bits per heavy atom. The Morgan fingerprint density at radius 2 is 1.71 bits per heavy atom. The Bertz CT molecular complexity index is 641. The maximum Gasteiger partial charge on any atom is 0.270 e. The number of alkyl halides is 2. The fourth-order valence-electron chi connectivity index (χ4n) is 2.02. The number of Topliss-reactive ketones (excluding diaryl/α,β-unsaturated/α-hetero) is 2. The van der Waals surface area contributed by atoms with E-state index < -0.39 is 12.0 Å². The summed E-state index contributed by atoms with van der Waals surface area (Å²) in [5, 5.41) is 2.44. The van der Waals surface area contributed by atoms with Gasteiger partial charge in [-0.2, -0.15) is 0 Å². The summed E-state index contributed by atoms with van der Waals surface area (Å²) in [4.78, 5) is 27.7. The van der Waals surface area contributed by atoms with Crippen molar-refractivity contribution < 1.29 is 18.4 Å². The highest BCUT2D eigenvalue weighted by molar-refractivity contribution is 6.30. The number of nitrogens with zero attached hydrogens (tertiary/aromatic N) is 1. The third-order valence-electron chi connectivity index (χ3n) is 3.42. The number of nitrogens with one attached hydrogen (secondary N) is 1. The number of anilines is 1. The molecular formula is C14H13ClF2N2O2. The zero-order valence-corrected chi connectivity index (χ0v) is 12.4. The van der Waals surface area contributed by atoms with E-state index in [-0.39, 0.29) is 28.1 Å². The molecule has 21 heavy (non-hydrogen) atoms. The zero-order valence-electron chi connectivity index (χ0n) is 11.6. The van der Waals surface area contributed by atoms with Gasteiger partial charge in [-0.05, 0) is 26.0 Å². The van der Waals surface area contributed by atoms with E-state index in [2.05, 4.69) is 10.3 Å². The highest BCUT2D eigenvalue weighted by Gasteiger charge is 2.37. The predicted octanol–water partition coefficient (Wildman–Crippen LogP) is 3.12. The molecule has 1 aliphatic rings. The minimum atomic E-state index is -3.10. The quantitative estimate of drug-likeness (QED) is 0.688. The molecule has 0 unspecified atom stereocenters. The van der Waals surface area contributed by atoms with Crippen LogP contribution in [0.2, 0.25) is 5.15 Å². The molecule has 0 radical (unpaired) electrons. The number of hydrogen-bond acceptors (Lipinski definition) is 4. The van der Waals surface area contributed by atoms with Gasteiger partial charge in [0.2, 0.25) is 0 Å². The molecule has 0 spiro atoms. The third kappa shape index (κ3) is 2.95. The summed E-state index contributed by atoms with van der Waals surface area (Å²) in [7, 11) is 0. The predicted molar refractivity (Wildman–Crippen MR) is 74.6 cm³/mol. The first kappa shape index (κ1) is 15.6. The SMILES string of the molecule is CC1=C(C)C(=O)C(Nc2cc(C(C)(F)F)cc(Cl)n2)C1=O. The van der Waals surface area contributed by atoms with E-state index in [9.17, 15) is 18.4 Å². The maximum atomic E-state index is 13.3. The van der Waals surface area contributed by atoms with Crippen molar-refractivity contribution in [3.63, 3.8) is 0 Å². The Balaban J connectivity index is 2.32. The number of halogens is 3. The molecule has 4 nitrogen and oxygen atoms in total. The average molecular weight is 315 g/mol. The highest BCUT2D eigenvalue weighted by Crippen LogP contribution is 2.31. The van der Waals surface area contributed by atoms with Crippen molar-refractivity contribution in [3.05, 3.63) is 34.0 Å². The molecule has 0 atom stereocenters. The smallest absolute Gasteiger partial charge is 0.270 e. The Labute approximate surface area is 125 Å². The molecule has 0 saturated heterocycles. The molecule has 0 saturated carbocycles. The number of ketones is 2. The van der Waals surface area contributed by atoms with Crippen LogP contribution in [0.25, 0.3) is 0 Å². The summed E-state index contributed by atoms with van der Waals surface area (Å²) in [6.07, 6.45) is 0. The first-order chi connectivity index (χ1) is 9.61. The Morgan fingerprint density at radius 1 is 1.19 bits per heavy atom. The summed E-state index contributed by atoms with van der Waals surface area (Å²) in [6, 6.07) is 0.990. The van der Waals surface area contributed by atoms with Gasteiger partial charge in [-0.25, -0.2) is 13.8 Å². The molecule has 1 heterocycles. The topological polar surface area (TPSA) is 59.1 Å². The van der Waals surface area contributed by atoms with Gasteiger partial charge in [0.25, 0.3) is 5.92 Å². The van der Waals surface area contributed by atoms with Crippen molar-refractivity contribution in [2.24, 2.45) is 0 Å². The lowest BCUT2D eigenvalue weighted by Crippen LogP contribution is -2.33. The van der Waals surface area contributed by atoms with E-state index in [1.165, 1.54) is 0 Å². The van der Waals surface area contributed by atoms with Gasteiger partial charge in [0.05, 0.1) is 0 Å². The van der Waals surface area contributed by atoms with E-state index in [0.29, 0.717) is 11.1 Å². The van der Waals surface area contributed by atoms with Gasteiger partial charge in [-0.1, -0.05) is 11.6 Å². The van der Waals surface area contributed by atoms with Crippen LogP contribution in [0.5, 0.6) is 0 Å². The highest BCUT2D eigenvalue weighted by atomic mass is 35.5. The van der Waals surface area contributed by atoms with Crippen LogP contribution in [0.3, 0.4) is 0 Å². The molecule has 0 fully saturated rings. The standard InChI is InChI=1S/C14H13ClF2N2O2/c1-6-7(2)13(21)11(12(6)20)19-10-5-8(14(3,16)17)4-9(15)18-10/h4-5,11H,1-3H3,(H,18,19). The van der Waals surface area contributed by atoms with Crippen molar-refractivity contribution in [1.29, 1.82) is 0 Å². The van der Waals surface area contributed by atoms with Crippen molar-refractivity contribution in [1.82, 2.24) is 4.98 Å². The molecule has 0 aromatic carbocycles. The maximum absolute atomic E-state index is 13.3. The minimum Gasteiger partial charge on any atom is -0.353 e. The number of aromatic nitrogens is 1. The second-order valence-electron chi connectivity index (χ2n) is 5.01. The molecule has 1 N–H and O–H groups in total. The Kier molecular flexibility index (Phi) is 3.84. The monoisotopic (exact) mass is 314 g/mol. The first-order valence-corrected chi connectivity index (χ1v) is 6.57. The number of pyridine rings is 1. The fourth-order valence-corrected chi connectivity index (χ4v) is 2.23. The number of hydrogen-bond donors (Lipinski definition) is 1. The summed E-state index contributed by atoms with van der Waals surface area (Å²) in [6.45, 7) is 3.83. The number of carbonyl (C=O) groups excluding carboxylic acids is 2. The molecule has 0 bridgehead atoms. The normalized spacial score (nSPS) is 16.9. The Hall–Kier alpha value is -1.82. The summed E-state index contributed by atoms with van der Waals surface area (Å²) < 4.78 is 26.7. The van der Waals surface area contributed by atoms with E-state index in [1.54, 1.807) is 13.8 Å². The largest absolute Gasteiger partial charge is 0.353 e. The van der Waals surface area contributed by atoms with Gasteiger partial charge in [-0.3, -0.25) is 9.59 Å². The lowest BCUT2D eigenvalue weighted by atomic mass is 10.1. The van der Waals surface area contributed by atoms with Crippen LogP contribution < -0.4 is 5.32 Å². The molecule has 0 aliphatic heterocycles. The van der Waals surface area contributed by atoms with Crippen LogP contribution in [0.1, 0.15) is 26.3 Å². The number of rotatable bonds is 3. The molecule has 7 heteroatoms. The molecule has 1 aliphatic carbocycles. The van der Waals surface area contributed by atoms with Crippen molar-refractivity contribution >= 4 is 29.0 Å². The van der Waals surface area contributed by atoms with Crippen LogP contribution >= 0.6 is 11.6 Å². The number of carbonyl (C=O) groups is 2. The summed E-state index contributed by atoms with van der Waals surface area (Å²) in [5.41, 5.74) is 0.380. The van der Waals surface area contributed by atoms with Crippen molar-refractivity contribution in [2.75, 3.05) is 5.32 Å². The minimum absolute atomic E-state index is 0.0341. The molecule has 1 aromatic rings. The lowest BCUT2D eigenvalue weighted by molar-refractivity contribution is -0.122. The van der Waals surface area contributed by atoms with E-state index in [1.807, 2.05) is 0 Å². The molecule has 1 aromatic heterocycles. The first-order valence-electron chi connectivity index (χ1n) is 6.19. The third-order valence-corrected chi connectivity index (χ3v) is 3.61. The molecule has 0 amide bonds. The van der Waals surface area contributed by atoms with Gasteiger partial charge >= 0.3 is 0 Å². The van der Waals surface area contributed by atoms with Crippen LogP contribution in [-0.2, 0) is 15.5 Å². The van der Waals surface area contributed by atoms with Crippen LogP contribution in [-0.4, -0.2) is 22.6 Å². The van der Waals surface area contributed by atoms with Crippen LogP contribution in [0, 0.1) is 0 Å². The summed E-state index contributed by atoms with van der Waals surface area (Å²) in [5.74, 6) is -3.90. The van der Waals surface area contributed by atoms with Gasteiger partial charge in [0.1, 0.15) is 11.0 Å². The van der Waals surface area contributed by atoms with Crippen LogP contribution in [0.15, 0.2) is 23.3 Å². The lowest BCUT2D eigenvalue weighted by Gasteiger charge is -2.15. The zero-order chi connectivity index (χ0) is 15.9. The average Bonchev–Trinajstić information content (AvgIpc) is 2.55. The molecule has 112 valence electrons. The van der Waals surface area contributed by atoms with E-state index in [4.69, 9.17) is 11.6 Å². The van der Waals surface area contributed by atoms with Gasteiger partial charge < -0.3 is 5.32 Å². The van der Waals surface area contributed by atoms with E-state index in [0.717, 1.165) is 19.1 Å². The van der Waals surface area contributed by atoms with Crippen molar-refractivity contribution in [3.8, 4) is 0 Å².